The Balaban J connectivity index is 2.08. The van der Waals surface area contributed by atoms with Gasteiger partial charge in [-0.1, -0.05) is 6.42 Å². The lowest BCUT2D eigenvalue weighted by molar-refractivity contribution is 0.248. The molecule has 0 aliphatic heterocycles. The molecule has 0 spiro atoms. The lowest BCUT2D eigenvalue weighted by atomic mass is 10.0. The zero-order chi connectivity index (χ0) is 10.4. The molecule has 0 radical (unpaired) electrons. The Hall–Kier alpha value is -0.810. The second kappa shape index (κ2) is 5.82. The van der Waals surface area contributed by atoms with Crippen molar-refractivity contribution in [3.8, 4) is 0 Å². The van der Waals surface area contributed by atoms with Gasteiger partial charge in [0.25, 0.3) is 0 Å². The largest absolute Gasteiger partial charge is 0.352 e. The highest BCUT2D eigenvalue weighted by Crippen LogP contribution is 2.24. The Labute approximate surface area is 84.6 Å². The van der Waals surface area contributed by atoms with E-state index in [4.69, 9.17) is 11.5 Å². The van der Waals surface area contributed by atoms with Gasteiger partial charge in [-0.15, -0.1) is 0 Å². The zero-order valence-electron chi connectivity index (χ0n) is 8.46. The number of carbonyl (C=O) groups excluding carboxylic acids is 1. The minimum absolute atomic E-state index is 0.464. The van der Waals surface area contributed by atoms with Crippen molar-refractivity contribution in [3.63, 3.8) is 0 Å². The summed E-state index contributed by atoms with van der Waals surface area (Å²) in [7, 11) is 0. The first kappa shape index (κ1) is 11.3. The van der Waals surface area contributed by atoms with Crippen LogP contribution in [0.4, 0.5) is 4.79 Å². The second-order valence-electron chi connectivity index (χ2n) is 3.78. The molecule has 2 unspecified atom stereocenters. The number of carbonyl (C=O) groups is 1. The molecule has 0 saturated heterocycles. The Morgan fingerprint density at radius 3 is 2.79 bits per heavy atom. The second-order valence-corrected chi connectivity index (χ2v) is 3.78. The Morgan fingerprint density at radius 2 is 2.14 bits per heavy atom. The molecule has 5 nitrogen and oxygen atoms in total. The van der Waals surface area contributed by atoms with Gasteiger partial charge >= 0.3 is 6.03 Å². The van der Waals surface area contributed by atoms with Gasteiger partial charge in [-0.25, -0.2) is 4.79 Å². The van der Waals surface area contributed by atoms with Gasteiger partial charge < -0.3 is 22.1 Å². The van der Waals surface area contributed by atoms with Crippen molar-refractivity contribution in [1.82, 2.24) is 10.6 Å². The van der Waals surface area contributed by atoms with E-state index in [1.165, 1.54) is 19.3 Å². The number of nitrogens with one attached hydrogen (secondary N) is 2. The van der Waals surface area contributed by atoms with E-state index in [9.17, 15) is 4.79 Å². The van der Waals surface area contributed by atoms with E-state index in [0.29, 0.717) is 18.5 Å². The fraction of sp³-hybridized carbons (Fsp3) is 0.889. The smallest absolute Gasteiger partial charge is 0.312 e. The zero-order valence-corrected chi connectivity index (χ0v) is 8.46. The van der Waals surface area contributed by atoms with Crippen molar-refractivity contribution < 1.29 is 4.79 Å². The average molecular weight is 200 g/mol. The molecule has 2 atom stereocenters. The van der Waals surface area contributed by atoms with Crippen LogP contribution in [0.2, 0.25) is 0 Å². The van der Waals surface area contributed by atoms with Crippen LogP contribution in [-0.2, 0) is 0 Å². The summed E-state index contributed by atoms with van der Waals surface area (Å²) in [6.07, 6.45) is 3.67. The summed E-state index contributed by atoms with van der Waals surface area (Å²) in [5, 5.41) is 5.94. The molecule has 1 aliphatic rings. The van der Waals surface area contributed by atoms with Crippen LogP contribution in [0.1, 0.15) is 19.3 Å². The van der Waals surface area contributed by atoms with Crippen LogP contribution in [0.5, 0.6) is 0 Å². The summed E-state index contributed by atoms with van der Waals surface area (Å²) >= 11 is 0. The molecular formula is C9H20N4O. The van der Waals surface area contributed by atoms with Gasteiger partial charge in [0.1, 0.15) is 0 Å². The minimum atomic E-state index is -0.464. The van der Waals surface area contributed by atoms with E-state index in [2.05, 4.69) is 10.6 Å². The van der Waals surface area contributed by atoms with E-state index in [1.807, 2.05) is 0 Å². The van der Waals surface area contributed by atoms with Crippen LogP contribution < -0.4 is 22.1 Å². The number of rotatable bonds is 5. The predicted molar refractivity (Wildman–Crippen MR) is 55.8 cm³/mol. The number of amides is 2. The predicted octanol–water partition coefficient (Wildman–Crippen LogP) is -0.628. The van der Waals surface area contributed by atoms with Crippen molar-refractivity contribution in [1.29, 1.82) is 0 Å². The SMILES string of the molecule is NCC1CCCC1NCCNC(N)=O. The highest BCUT2D eigenvalue weighted by atomic mass is 16.2. The summed E-state index contributed by atoms with van der Waals surface area (Å²) in [6, 6.07) is 0.0586. The third kappa shape index (κ3) is 3.51. The molecule has 0 aromatic carbocycles. The van der Waals surface area contributed by atoms with E-state index < -0.39 is 6.03 Å². The molecule has 2 amide bonds. The van der Waals surface area contributed by atoms with Crippen LogP contribution >= 0.6 is 0 Å². The van der Waals surface area contributed by atoms with E-state index >= 15 is 0 Å². The maximum Gasteiger partial charge on any atom is 0.312 e. The van der Waals surface area contributed by atoms with Gasteiger partial charge in [0, 0.05) is 19.1 Å². The topological polar surface area (TPSA) is 93.2 Å². The summed E-state index contributed by atoms with van der Waals surface area (Å²) in [4.78, 5) is 10.4. The molecule has 0 bridgehead atoms. The molecule has 82 valence electrons. The molecule has 5 heteroatoms. The molecule has 1 fully saturated rings. The molecule has 0 heterocycles. The fourth-order valence-corrected chi connectivity index (χ4v) is 2.03. The first-order chi connectivity index (χ1) is 6.74. The van der Waals surface area contributed by atoms with Gasteiger partial charge in [-0.3, -0.25) is 0 Å². The number of nitrogens with two attached hydrogens (primary N) is 2. The maximum absolute atomic E-state index is 10.4. The van der Waals surface area contributed by atoms with Crippen molar-refractivity contribution in [3.05, 3.63) is 0 Å². The fourth-order valence-electron chi connectivity index (χ4n) is 2.03. The highest BCUT2D eigenvalue weighted by molar-refractivity contribution is 5.71. The number of primary amides is 1. The van der Waals surface area contributed by atoms with Crippen LogP contribution in [0.15, 0.2) is 0 Å². The lowest BCUT2D eigenvalue weighted by Gasteiger charge is -2.19. The normalized spacial score (nSPS) is 26.4. The molecule has 1 rings (SSSR count). The maximum atomic E-state index is 10.4. The summed E-state index contributed by atoms with van der Waals surface area (Å²) < 4.78 is 0. The van der Waals surface area contributed by atoms with E-state index in [-0.39, 0.29) is 0 Å². The quantitative estimate of drug-likeness (QED) is 0.445. The van der Waals surface area contributed by atoms with Crippen molar-refractivity contribution >= 4 is 6.03 Å². The Bertz CT molecular complexity index is 186. The van der Waals surface area contributed by atoms with E-state index in [0.717, 1.165) is 13.1 Å². The molecule has 1 saturated carbocycles. The van der Waals surface area contributed by atoms with E-state index in [1.54, 1.807) is 0 Å². The highest BCUT2D eigenvalue weighted by Gasteiger charge is 2.24. The van der Waals surface area contributed by atoms with Gasteiger partial charge in [0.05, 0.1) is 0 Å². The Kier molecular flexibility index (Phi) is 4.69. The van der Waals surface area contributed by atoms with Crippen LogP contribution in [0, 0.1) is 5.92 Å². The van der Waals surface area contributed by atoms with Gasteiger partial charge in [0.2, 0.25) is 0 Å². The lowest BCUT2D eigenvalue weighted by Crippen LogP contribution is -2.41. The van der Waals surface area contributed by atoms with Crippen molar-refractivity contribution in [2.24, 2.45) is 17.4 Å². The Morgan fingerprint density at radius 1 is 1.36 bits per heavy atom. The van der Waals surface area contributed by atoms with Crippen LogP contribution in [0.3, 0.4) is 0 Å². The molecule has 0 aromatic heterocycles. The monoisotopic (exact) mass is 200 g/mol. The molecule has 14 heavy (non-hydrogen) atoms. The first-order valence-corrected chi connectivity index (χ1v) is 5.20. The molecule has 1 aliphatic carbocycles. The standard InChI is InChI=1S/C9H20N4O/c10-6-7-2-1-3-8(7)12-4-5-13-9(11)14/h7-8,12H,1-6,10H2,(H3,11,13,14). The third-order valence-electron chi connectivity index (χ3n) is 2.79. The molecule has 0 aromatic rings. The van der Waals surface area contributed by atoms with Crippen LogP contribution in [0.25, 0.3) is 0 Å². The summed E-state index contributed by atoms with van der Waals surface area (Å²) in [5.41, 5.74) is 10.6. The number of hydrogen-bond acceptors (Lipinski definition) is 3. The summed E-state index contributed by atoms with van der Waals surface area (Å²) in [6.45, 7) is 2.11. The van der Waals surface area contributed by atoms with Gasteiger partial charge in [-0.05, 0) is 25.3 Å². The number of hydrogen-bond donors (Lipinski definition) is 4. The molecular weight excluding hydrogens is 180 g/mol. The van der Waals surface area contributed by atoms with Crippen molar-refractivity contribution in [2.75, 3.05) is 19.6 Å². The van der Waals surface area contributed by atoms with Gasteiger partial charge in [-0.2, -0.15) is 0 Å². The van der Waals surface area contributed by atoms with Crippen LogP contribution in [-0.4, -0.2) is 31.7 Å². The average Bonchev–Trinajstić information content (AvgIpc) is 2.59. The minimum Gasteiger partial charge on any atom is -0.352 e. The number of urea groups is 1. The van der Waals surface area contributed by atoms with Gasteiger partial charge in [0.15, 0.2) is 0 Å². The van der Waals surface area contributed by atoms with Crippen molar-refractivity contribution in [2.45, 2.75) is 25.3 Å². The first-order valence-electron chi connectivity index (χ1n) is 5.20. The molecule has 6 N–H and O–H groups in total. The summed E-state index contributed by atoms with van der Waals surface area (Å²) in [5.74, 6) is 0.601. The third-order valence-corrected chi connectivity index (χ3v) is 2.79.